The Morgan fingerprint density at radius 2 is 1.96 bits per heavy atom. The predicted molar refractivity (Wildman–Crippen MR) is 94.8 cm³/mol. The van der Waals surface area contributed by atoms with Crippen LogP contribution >= 0.6 is 0 Å². The van der Waals surface area contributed by atoms with E-state index in [0.29, 0.717) is 30.0 Å². The molecule has 3 rings (SSSR count). The number of para-hydroxylation sites is 1. The fourth-order valence-corrected chi connectivity index (χ4v) is 2.70. The number of fused-ring (bicyclic) bond motifs is 1. The molecule has 0 bridgehead atoms. The molecule has 2 aromatic carbocycles. The number of hydrogen-bond acceptors (Lipinski definition) is 3. The van der Waals surface area contributed by atoms with Gasteiger partial charge in [-0.25, -0.2) is 0 Å². The smallest absolute Gasteiger partial charge is 0.224 e. The van der Waals surface area contributed by atoms with Crippen LogP contribution in [0.5, 0.6) is 11.5 Å². The Bertz CT molecular complexity index is 855. The molecule has 0 aliphatic rings. The van der Waals surface area contributed by atoms with Crippen LogP contribution in [0, 0.1) is 0 Å². The van der Waals surface area contributed by atoms with Gasteiger partial charge in [-0.1, -0.05) is 18.2 Å². The molecule has 24 heavy (non-hydrogen) atoms. The fraction of sp³-hybridized carbons (Fsp3) is 0.211. The molecule has 1 aromatic heterocycles. The summed E-state index contributed by atoms with van der Waals surface area (Å²) in [5, 5.41) is 4.05. The quantitative estimate of drug-likeness (QED) is 0.726. The third-order valence-corrected chi connectivity index (χ3v) is 3.98. The van der Waals surface area contributed by atoms with Crippen molar-refractivity contribution in [2.45, 2.75) is 12.8 Å². The van der Waals surface area contributed by atoms with Crippen LogP contribution in [0.3, 0.4) is 0 Å². The third kappa shape index (κ3) is 3.35. The zero-order valence-corrected chi connectivity index (χ0v) is 13.8. The van der Waals surface area contributed by atoms with Gasteiger partial charge >= 0.3 is 0 Å². The second-order valence-electron chi connectivity index (χ2n) is 5.47. The fourth-order valence-electron chi connectivity index (χ4n) is 2.70. The molecule has 1 amide bonds. The molecule has 3 aromatic rings. The molecule has 2 N–H and O–H groups in total. The monoisotopic (exact) mass is 324 g/mol. The van der Waals surface area contributed by atoms with E-state index >= 15 is 0 Å². The zero-order chi connectivity index (χ0) is 16.9. The Hall–Kier alpha value is -2.95. The lowest BCUT2D eigenvalue weighted by Crippen LogP contribution is -2.13. The van der Waals surface area contributed by atoms with Crippen molar-refractivity contribution in [3.05, 3.63) is 54.2 Å². The van der Waals surface area contributed by atoms with E-state index in [9.17, 15) is 4.79 Å². The maximum Gasteiger partial charge on any atom is 0.224 e. The summed E-state index contributed by atoms with van der Waals surface area (Å²) in [7, 11) is 3.16. The van der Waals surface area contributed by atoms with Gasteiger partial charge in [-0.2, -0.15) is 0 Å². The summed E-state index contributed by atoms with van der Waals surface area (Å²) in [6.07, 6.45) is 3.04. The number of carbonyl (C=O) groups excluding carboxylic acids is 1. The van der Waals surface area contributed by atoms with E-state index in [1.54, 1.807) is 32.4 Å². The number of anilines is 1. The summed E-state index contributed by atoms with van der Waals surface area (Å²) in [5.41, 5.74) is 2.87. The summed E-state index contributed by atoms with van der Waals surface area (Å²) in [5.74, 6) is 1.21. The number of nitrogens with one attached hydrogen (secondary N) is 2. The highest BCUT2D eigenvalue weighted by Crippen LogP contribution is 2.29. The average molecular weight is 324 g/mol. The van der Waals surface area contributed by atoms with Gasteiger partial charge in [0.15, 0.2) is 0 Å². The van der Waals surface area contributed by atoms with Gasteiger partial charge in [-0.05, 0) is 30.2 Å². The first-order chi connectivity index (χ1) is 11.7. The Balaban J connectivity index is 1.66. The molecule has 0 saturated carbocycles. The summed E-state index contributed by atoms with van der Waals surface area (Å²) < 4.78 is 10.5. The number of aryl methyl sites for hydroxylation is 1. The normalized spacial score (nSPS) is 10.6. The van der Waals surface area contributed by atoms with Gasteiger partial charge in [0, 0.05) is 29.6 Å². The third-order valence-electron chi connectivity index (χ3n) is 3.98. The molecular formula is C19H20N2O3. The number of rotatable bonds is 6. The second-order valence-corrected chi connectivity index (χ2v) is 5.47. The van der Waals surface area contributed by atoms with Gasteiger partial charge in [0.25, 0.3) is 0 Å². The molecule has 124 valence electrons. The molecule has 5 heteroatoms. The topological polar surface area (TPSA) is 63.3 Å². The Morgan fingerprint density at radius 3 is 2.75 bits per heavy atom. The molecule has 0 aliphatic heterocycles. The molecule has 0 radical (unpaired) electrons. The van der Waals surface area contributed by atoms with Crippen LogP contribution in [0.2, 0.25) is 0 Å². The Morgan fingerprint density at radius 1 is 1.12 bits per heavy atom. The van der Waals surface area contributed by atoms with Gasteiger partial charge in [-0.15, -0.1) is 0 Å². The largest absolute Gasteiger partial charge is 0.497 e. The van der Waals surface area contributed by atoms with Gasteiger partial charge < -0.3 is 19.8 Å². The highest BCUT2D eigenvalue weighted by molar-refractivity contribution is 5.93. The summed E-state index contributed by atoms with van der Waals surface area (Å²) >= 11 is 0. The van der Waals surface area contributed by atoms with Crippen molar-refractivity contribution in [1.82, 2.24) is 4.98 Å². The van der Waals surface area contributed by atoms with E-state index < -0.39 is 0 Å². The molecule has 5 nitrogen and oxygen atoms in total. The molecule has 0 atom stereocenters. The van der Waals surface area contributed by atoms with Crippen molar-refractivity contribution in [2.24, 2.45) is 0 Å². The van der Waals surface area contributed by atoms with Crippen molar-refractivity contribution in [2.75, 3.05) is 19.5 Å². The summed E-state index contributed by atoms with van der Waals surface area (Å²) in [4.78, 5) is 15.5. The number of hydrogen-bond donors (Lipinski definition) is 2. The predicted octanol–water partition coefficient (Wildman–Crippen LogP) is 3.76. The van der Waals surface area contributed by atoms with Crippen LogP contribution in [0.4, 0.5) is 5.69 Å². The first kappa shape index (κ1) is 15.9. The van der Waals surface area contributed by atoms with Crippen molar-refractivity contribution in [1.29, 1.82) is 0 Å². The molecule has 1 heterocycles. The minimum Gasteiger partial charge on any atom is -0.497 e. The van der Waals surface area contributed by atoms with E-state index in [0.717, 1.165) is 16.5 Å². The van der Waals surface area contributed by atoms with Crippen LogP contribution in [0.1, 0.15) is 12.0 Å². The number of aromatic amines is 1. The molecule has 0 fully saturated rings. The number of benzene rings is 2. The molecule has 0 unspecified atom stereocenters. The maximum absolute atomic E-state index is 12.3. The van der Waals surface area contributed by atoms with Gasteiger partial charge in [0.1, 0.15) is 11.5 Å². The van der Waals surface area contributed by atoms with Crippen LogP contribution in [-0.4, -0.2) is 25.1 Å². The highest BCUT2D eigenvalue weighted by atomic mass is 16.5. The van der Waals surface area contributed by atoms with E-state index in [1.165, 1.54) is 0 Å². The van der Waals surface area contributed by atoms with Crippen LogP contribution in [0.15, 0.2) is 48.7 Å². The first-order valence-electron chi connectivity index (χ1n) is 7.78. The van der Waals surface area contributed by atoms with E-state index in [2.05, 4.69) is 16.4 Å². The average Bonchev–Trinajstić information content (AvgIpc) is 3.03. The number of methoxy groups -OCH3 is 2. The van der Waals surface area contributed by atoms with E-state index in [4.69, 9.17) is 9.47 Å². The zero-order valence-electron chi connectivity index (χ0n) is 13.8. The van der Waals surface area contributed by atoms with Crippen molar-refractivity contribution >= 4 is 22.5 Å². The van der Waals surface area contributed by atoms with Gasteiger partial charge in [0.2, 0.25) is 5.91 Å². The minimum atomic E-state index is -0.0521. The van der Waals surface area contributed by atoms with Crippen molar-refractivity contribution < 1.29 is 14.3 Å². The lowest BCUT2D eigenvalue weighted by Gasteiger charge is -2.11. The van der Waals surface area contributed by atoms with Crippen LogP contribution < -0.4 is 14.8 Å². The Kier molecular flexibility index (Phi) is 4.70. The van der Waals surface area contributed by atoms with Gasteiger partial charge in [-0.3, -0.25) is 4.79 Å². The maximum atomic E-state index is 12.3. The summed E-state index contributed by atoms with van der Waals surface area (Å²) in [6, 6.07) is 13.4. The standard InChI is InChI=1S/C19H20N2O3/c1-23-14-8-9-17(18(11-14)24-2)21-19(22)10-7-13-12-20-16-6-4-3-5-15(13)16/h3-6,8-9,11-12,20H,7,10H2,1-2H3,(H,21,22). The molecule has 0 saturated heterocycles. The van der Waals surface area contributed by atoms with Crippen LogP contribution in [0.25, 0.3) is 10.9 Å². The number of amides is 1. The number of carbonyl (C=O) groups is 1. The number of aromatic nitrogens is 1. The lowest BCUT2D eigenvalue weighted by atomic mass is 10.1. The SMILES string of the molecule is COc1ccc(NC(=O)CCc2c[nH]c3ccccc23)c(OC)c1. The summed E-state index contributed by atoms with van der Waals surface area (Å²) in [6.45, 7) is 0. The van der Waals surface area contributed by atoms with Crippen LogP contribution in [-0.2, 0) is 11.2 Å². The molecular weight excluding hydrogens is 304 g/mol. The van der Waals surface area contributed by atoms with Gasteiger partial charge in [0.05, 0.1) is 19.9 Å². The van der Waals surface area contributed by atoms with Crippen molar-refractivity contribution in [3.63, 3.8) is 0 Å². The molecule has 0 spiro atoms. The Labute approximate surface area is 140 Å². The second kappa shape index (κ2) is 7.08. The lowest BCUT2D eigenvalue weighted by molar-refractivity contribution is -0.116. The van der Waals surface area contributed by atoms with Crippen molar-refractivity contribution in [3.8, 4) is 11.5 Å². The first-order valence-corrected chi connectivity index (χ1v) is 7.78. The van der Waals surface area contributed by atoms with E-state index in [1.807, 2.05) is 24.4 Å². The number of ether oxygens (including phenoxy) is 2. The molecule has 0 aliphatic carbocycles. The van der Waals surface area contributed by atoms with E-state index in [-0.39, 0.29) is 5.91 Å². The number of H-pyrrole nitrogens is 1. The minimum absolute atomic E-state index is 0.0521. The highest BCUT2D eigenvalue weighted by Gasteiger charge is 2.10.